The van der Waals surface area contributed by atoms with Gasteiger partial charge in [0.25, 0.3) is 5.91 Å². The predicted octanol–water partition coefficient (Wildman–Crippen LogP) is 5.45. The van der Waals surface area contributed by atoms with Crippen LogP contribution in [0.3, 0.4) is 0 Å². The summed E-state index contributed by atoms with van der Waals surface area (Å²) in [6.45, 7) is 3.15. The van der Waals surface area contributed by atoms with Crippen LogP contribution in [0.2, 0.25) is 0 Å². The number of carbonyl (C=O) groups excluding carboxylic acids is 2. The quantitative estimate of drug-likeness (QED) is 0.278. The smallest absolute Gasteiger partial charge is 0.416 e. The first-order chi connectivity index (χ1) is 16.0. The molecule has 11 heteroatoms. The number of amides is 1. The molecular weight excluding hydrogens is 491 g/mol. The second kappa shape index (κ2) is 10.5. The van der Waals surface area contributed by atoms with Crippen molar-refractivity contribution in [1.29, 1.82) is 0 Å². The summed E-state index contributed by atoms with van der Waals surface area (Å²) < 4.78 is 55.1. The van der Waals surface area contributed by atoms with Crippen LogP contribution in [-0.4, -0.2) is 36.0 Å². The van der Waals surface area contributed by atoms with Crippen molar-refractivity contribution in [3.8, 4) is 11.5 Å². The minimum atomic E-state index is -4.54. The van der Waals surface area contributed by atoms with Gasteiger partial charge in [-0.3, -0.25) is 9.69 Å². The normalized spacial score (nSPS) is 15.3. The monoisotopic (exact) mass is 511 g/mol. The van der Waals surface area contributed by atoms with Crippen LogP contribution in [0.1, 0.15) is 25.0 Å². The number of carbonyl (C=O) groups is 2. The Morgan fingerprint density at radius 3 is 2.56 bits per heavy atom. The Hall–Kier alpha value is -3.05. The molecule has 0 atom stereocenters. The third-order valence-corrected chi connectivity index (χ3v) is 5.73. The summed E-state index contributed by atoms with van der Waals surface area (Å²) in [6.07, 6.45) is -3.26. The highest BCUT2D eigenvalue weighted by Gasteiger charge is 2.36. The summed E-state index contributed by atoms with van der Waals surface area (Å²) in [5, 5.41) is 0. The average molecular weight is 512 g/mol. The fraction of sp³-hybridized carbons (Fsp3) is 0.261. The molecule has 0 N–H and O–H groups in total. The molecular formula is C23H20F3NO5S2. The van der Waals surface area contributed by atoms with Gasteiger partial charge in [-0.25, -0.2) is 4.79 Å². The zero-order valence-electron chi connectivity index (χ0n) is 18.3. The van der Waals surface area contributed by atoms with Crippen LogP contribution in [0.4, 0.5) is 18.9 Å². The highest BCUT2D eigenvalue weighted by atomic mass is 32.2. The standard InChI is InChI=1S/C23H20F3NO5S2/c1-13(2)32-20(28)12-31-17-8-7-14(9-18(17)30-3)10-19-21(29)27(22(33)34-19)16-6-4-5-15(11-16)23(24,25)26/h4-11,13H,12H2,1-3H3/b19-10+. The summed E-state index contributed by atoms with van der Waals surface area (Å²) in [7, 11) is 1.42. The minimum Gasteiger partial charge on any atom is -0.493 e. The number of alkyl halides is 3. The molecule has 1 aliphatic heterocycles. The van der Waals surface area contributed by atoms with E-state index in [4.69, 9.17) is 26.4 Å². The number of methoxy groups -OCH3 is 1. The van der Waals surface area contributed by atoms with Crippen molar-refractivity contribution in [3.05, 3.63) is 58.5 Å². The molecule has 0 radical (unpaired) electrons. The minimum absolute atomic E-state index is 0.0373. The lowest BCUT2D eigenvalue weighted by atomic mass is 10.1. The molecule has 1 saturated heterocycles. The first-order valence-electron chi connectivity index (χ1n) is 9.95. The summed E-state index contributed by atoms with van der Waals surface area (Å²) >= 11 is 6.22. The molecule has 1 heterocycles. The number of hydrogen-bond acceptors (Lipinski definition) is 7. The van der Waals surface area contributed by atoms with Crippen molar-refractivity contribution in [3.63, 3.8) is 0 Å². The lowest BCUT2D eigenvalue weighted by molar-refractivity contribution is -0.149. The first-order valence-corrected chi connectivity index (χ1v) is 11.2. The third kappa shape index (κ3) is 6.09. The maximum Gasteiger partial charge on any atom is 0.416 e. The van der Waals surface area contributed by atoms with Crippen molar-refractivity contribution in [2.45, 2.75) is 26.1 Å². The van der Waals surface area contributed by atoms with E-state index in [0.717, 1.165) is 28.8 Å². The molecule has 1 amide bonds. The van der Waals surface area contributed by atoms with Gasteiger partial charge < -0.3 is 14.2 Å². The summed E-state index contributed by atoms with van der Waals surface area (Å²) in [5.41, 5.74) is -0.269. The first kappa shape index (κ1) is 25.6. The Balaban J connectivity index is 1.80. The molecule has 0 aliphatic carbocycles. The van der Waals surface area contributed by atoms with Crippen LogP contribution in [-0.2, 0) is 20.5 Å². The number of rotatable bonds is 7. The van der Waals surface area contributed by atoms with Gasteiger partial charge in [-0.2, -0.15) is 13.2 Å². The van der Waals surface area contributed by atoms with E-state index < -0.39 is 23.6 Å². The van der Waals surface area contributed by atoms with Gasteiger partial charge in [-0.1, -0.05) is 36.1 Å². The van der Waals surface area contributed by atoms with E-state index in [0.29, 0.717) is 17.1 Å². The Kier molecular flexibility index (Phi) is 7.88. The van der Waals surface area contributed by atoms with Crippen molar-refractivity contribution in [2.24, 2.45) is 0 Å². The van der Waals surface area contributed by atoms with Gasteiger partial charge in [0.15, 0.2) is 22.4 Å². The molecule has 0 unspecified atom stereocenters. The van der Waals surface area contributed by atoms with Gasteiger partial charge in [0.2, 0.25) is 0 Å². The van der Waals surface area contributed by atoms with E-state index in [1.54, 1.807) is 38.1 Å². The average Bonchev–Trinajstić information content (AvgIpc) is 3.04. The maximum atomic E-state index is 13.1. The molecule has 2 aromatic carbocycles. The molecule has 180 valence electrons. The Morgan fingerprint density at radius 2 is 1.91 bits per heavy atom. The predicted molar refractivity (Wildman–Crippen MR) is 127 cm³/mol. The van der Waals surface area contributed by atoms with Crippen molar-refractivity contribution >= 4 is 51.9 Å². The van der Waals surface area contributed by atoms with Crippen LogP contribution >= 0.6 is 24.0 Å². The topological polar surface area (TPSA) is 65.1 Å². The molecule has 2 aromatic rings. The second-order valence-corrected chi connectivity index (χ2v) is 8.98. The van der Waals surface area contributed by atoms with Crippen molar-refractivity contribution in [2.75, 3.05) is 18.6 Å². The molecule has 0 bridgehead atoms. The number of esters is 1. The SMILES string of the molecule is COc1cc(/C=C2/SC(=S)N(c3cccc(C(F)(F)F)c3)C2=O)ccc1OCC(=O)OC(C)C. The number of thioether (sulfide) groups is 1. The fourth-order valence-corrected chi connectivity index (χ4v) is 4.29. The summed E-state index contributed by atoms with van der Waals surface area (Å²) in [6, 6.07) is 9.23. The fourth-order valence-electron chi connectivity index (χ4n) is 2.99. The van der Waals surface area contributed by atoms with E-state index in [2.05, 4.69) is 0 Å². The molecule has 6 nitrogen and oxygen atoms in total. The van der Waals surface area contributed by atoms with Gasteiger partial charge >= 0.3 is 12.1 Å². The van der Waals surface area contributed by atoms with Crippen LogP contribution in [0.5, 0.6) is 11.5 Å². The van der Waals surface area contributed by atoms with Gasteiger partial charge in [-0.05, 0) is 55.8 Å². The zero-order valence-corrected chi connectivity index (χ0v) is 20.0. The molecule has 0 aromatic heterocycles. The van der Waals surface area contributed by atoms with Gasteiger partial charge in [0.1, 0.15) is 0 Å². The Labute approximate surface area is 203 Å². The van der Waals surface area contributed by atoms with Crippen LogP contribution in [0.25, 0.3) is 6.08 Å². The largest absolute Gasteiger partial charge is 0.493 e. The number of anilines is 1. The molecule has 34 heavy (non-hydrogen) atoms. The Bertz CT molecular complexity index is 1150. The molecule has 1 aliphatic rings. The van der Waals surface area contributed by atoms with E-state index >= 15 is 0 Å². The number of halogens is 3. The second-order valence-electron chi connectivity index (χ2n) is 7.30. The number of nitrogens with zero attached hydrogens (tertiary/aromatic N) is 1. The van der Waals surface area contributed by atoms with E-state index in [1.807, 2.05) is 0 Å². The molecule has 3 rings (SSSR count). The van der Waals surface area contributed by atoms with Gasteiger partial charge in [-0.15, -0.1) is 0 Å². The van der Waals surface area contributed by atoms with E-state index in [9.17, 15) is 22.8 Å². The number of ether oxygens (including phenoxy) is 3. The molecule has 0 spiro atoms. The summed E-state index contributed by atoms with van der Waals surface area (Å²) in [4.78, 5) is 25.9. The van der Waals surface area contributed by atoms with Gasteiger partial charge in [0, 0.05) is 0 Å². The zero-order chi connectivity index (χ0) is 25.0. The third-order valence-electron chi connectivity index (χ3n) is 4.42. The number of thiocarbonyl (C=S) groups is 1. The summed E-state index contributed by atoms with van der Waals surface area (Å²) in [5.74, 6) is -0.444. The highest BCUT2D eigenvalue weighted by Crippen LogP contribution is 2.39. The van der Waals surface area contributed by atoms with Crippen molar-refractivity contribution < 1.29 is 37.0 Å². The van der Waals surface area contributed by atoms with Gasteiger partial charge in [0.05, 0.1) is 29.4 Å². The lowest BCUT2D eigenvalue weighted by Crippen LogP contribution is -2.27. The highest BCUT2D eigenvalue weighted by molar-refractivity contribution is 8.27. The van der Waals surface area contributed by atoms with E-state index in [1.165, 1.54) is 19.2 Å². The maximum absolute atomic E-state index is 13.1. The molecule has 0 saturated carbocycles. The lowest BCUT2D eigenvalue weighted by Gasteiger charge is -2.16. The number of hydrogen-bond donors (Lipinski definition) is 0. The van der Waals surface area contributed by atoms with E-state index in [-0.39, 0.29) is 27.6 Å². The molecule has 1 fully saturated rings. The van der Waals surface area contributed by atoms with Crippen molar-refractivity contribution in [1.82, 2.24) is 0 Å². The van der Waals surface area contributed by atoms with Crippen LogP contribution in [0.15, 0.2) is 47.4 Å². The van der Waals surface area contributed by atoms with Crippen LogP contribution in [0, 0.1) is 0 Å². The Morgan fingerprint density at radius 1 is 1.18 bits per heavy atom. The number of benzene rings is 2. The van der Waals surface area contributed by atoms with Crippen LogP contribution < -0.4 is 14.4 Å².